The minimum atomic E-state index is -0.664. The Morgan fingerprint density at radius 3 is 2.40 bits per heavy atom. The standard InChI is InChI=1S/C24H23F2NO3/c1-17(28)27(22(13-14-25)18-7-6-10-21(15-18)29-2)23-16-19(26)11-12-24(23)30-20-8-4-3-5-9-20/h3-12,15-16,22H,13-14H2,1-2H3. The van der Waals surface area contributed by atoms with Gasteiger partial charge in [-0.2, -0.15) is 0 Å². The van der Waals surface area contributed by atoms with E-state index in [0.717, 1.165) is 0 Å². The summed E-state index contributed by atoms with van der Waals surface area (Å²) in [6.45, 7) is 0.707. The van der Waals surface area contributed by atoms with Crippen LogP contribution in [0.2, 0.25) is 0 Å². The third-order valence-electron chi connectivity index (χ3n) is 4.66. The van der Waals surface area contributed by atoms with Gasteiger partial charge in [-0.05, 0) is 42.0 Å². The van der Waals surface area contributed by atoms with Gasteiger partial charge in [0.25, 0.3) is 0 Å². The van der Waals surface area contributed by atoms with Gasteiger partial charge in [0.05, 0.1) is 25.5 Å². The van der Waals surface area contributed by atoms with Crippen LogP contribution in [0.5, 0.6) is 17.2 Å². The van der Waals surface area contributed by atoms with Gasteiger partial charge in [0.1, 0.15) is 17.3 Å². The molecule has 4 nitrogen and oxygen atoms in total. The van der Waals surface area contributed by atoms with Crippen molar-refractivity contribution in [2.75, 3.05) is 18.7 Å². The van der Waals surface area contributed by atoms with E-state index >= 15 is 0 Å². The summed E-state index contributed by atoms with van der Waals surface area (Å²) < 4.78 is 38.9. The van der Waals surface area contributed by atoms with E-state index < -0.39 is 18.5 Å². The highest BCUT2D eigenvalue weighted by molar-refractivity contribution is 5.94. The zero-order valence-corrected chi connectivity index (χ0v) is 16.8. The summed E-state index contributed by atoms with van der Waals surface area (Å²) >= 11 is 0. The SMILES string of the molecule is COc1cccc(C(CCF)N(C(C)=O)c2cc(F)ccc2Oc2ccccc2)c1. The Labute approximate surface area is 174 Å². The summed E-state index contributed by atoms with van der Waals surface area (Å²) in [6.07, 6.45) is 0.0358. The quantitative estimate of drug-likeness (QED) is 0.451. The number of hydrogen-bond acceptors (Lipinski definition) is 3. The number of para-hydroxylation sites is 1. The Morgan fingerprint density at radius 2 is 1.73 bits per heavy atom. The Balaban J connectivity index is 2.09. The molecule has 0 spiro atoms. The molecule has 0 N–H and O–H groups in total. The van der Waals surface area contributed by atoms with Gasteiger partial charge in [-0.25, -0.2) is 4.39 Å². The van der Waals surface area contributed by atoms with Crippen LogP contribution in [0.25, 0.3) is 0 Å². The lowest BCUT2D eigenvalue weighted by molar-refractivity contribution is -0.117. The van der Waals surface area contributed by atoms with Crippen molar-refractivity contribution >= 4 is 11.6 Å². The van der Waals surface area contributed by atoms with Gasteiger partial charge in [-0.3, -0.25) is 9.18 Å². The van der Waals surface area contributed by atoms with Crippen LogP contribution in [0.4, 0.5) is 14.5 Å². The first-order chi connectivity index (χ1) is 14.5. The van der Waals surface area contributed by atoms with Crippen LogP contribution in [0, 0.1) is 5.82 Å². The Hall–Kier alpha value is -3.41. The molecule has 1 atom stereocenters. The van der Waals surface area contributed by atoms with Crippen LogP contribution < -0.4 is 14.4 Å². The molecule has 6 heteroatoms. The second-order valence-corrected chi connectivity index (χ2v) is 6.69. The van der Waals surface area contributed by atoms with Gasteiger partial charge < -0.3 is 14.4 Å². The number of halogens is 2. The molecule has 0 aromatic heterocycles. The van der Waals surface area contributed by atoms with E-state index in [2.05, 4.69) is 0 Å². The molecular weight excluding hydrogens is 388 g/mol. The molecule has 3 aromatic carbocycles. The number of amides is 1. The number of carbonyl (C=O) groups is 1. The smallest absolute Gasteiger partial charge is 0.224 e. The topological polar surface area (TPSA) is 38.8 Å². The third-order valence-corrected chi connectivity index (χ3v) is 4.66. The van der Waals surface area contributed by atoms with Crippen LogP contribution >= 0.6 is 0 Å². The summed E-state index contributed by atoms with van der Waals surface area (Å²) in [5, 5.41) is 0. The average Bonchev–Trinajstić information content (AvgIpc) is 2.75. The second-order valence-electron chi connectivity index (χ2n) is 6.69. The number of carbonyl (C=O) groups excluding carboxylic acids is 1. The molecule has 0 aliphatic heterocycles. The van der Waals surface area contributed by atoms with E-state index in [-0.39, 0.29) is 18.0 Å². The lowest BCUT2D eigenvalue weighted by Gasteiger charge is -2.32. The third kappa shape index (κ3) is 4.95. The number of rotatable bonds is 8. The fourth-order valence-corrected chi connectivity index (χ4v) is 3.33. The van der Waals surface area contributed by atoms with Crippen molar-refractivity contribution in [1.82, 2.24) is 0 Å². The van der Waals surface area contributed by atoms with E-state index in [0.29, 0.717) is 22.8 Å². The largest absolute Gasteiger partial charge is 0.497 e. The maximum absolute atomic E-state index is 14.2. The number of methoxy groups -OCH3 is 1. The van der Waals surface area contributed by atoms with Gasteiger partial charge in [0.15, 0.2) is 5.75 Å². The summed E-state index contributed by atoms with van der Waals surface area (Å²) in [7, 11) is 1.53. The molecule has 0 aliphatic rings. The zero-order valence-electron chi connectivity index (χ0n) is 16.8. The molecule has 0 fully saturated rings. The number of anilines is 1. The van der Waals surface area contributed by atoms with Crippen molar-refractivity contribution in [3.8, 4) is 17.2 Å². The van der Waals surface area contributed by atoms with Crippen LogP contribution in [-0.2, 0) is 4.79 Å². The van der Waals surface area contributed by atoms with Crippen molar-refractivity contribution in [1.29, 1.82) is 0 Å². The maximum Gasteiger partial charge on any atom is 0.224 e. The lowest BCUT2D eigenvalue weighted by Crippen LogP contribution is -2.34. The van der Waals surface area contributed by atoms with Crippen LogP contribution in [0.1, 0.15) is 24.9 Å². The minimum absolute atomic E-state index is 0.0358. The molecule has 0 saturated heterocycles. The van der Waals surface area contributed by atoms with Crippen molar-refractivity contribution < 1.29 is 23.0 Å². The summed E-state index contributed by atoms with van der Waals surface area (Å²) in [5.41, 5.74) is 0.907. The molecule has 1 unspecified atom stereocenters. The fraction of sp³-hybridized carbons (Fsp3) is 0.208. The molecule has 156 valence electrons. The van der Waals surface area contributed by atoms with Crippen molar-refractivity contribution in [3.05, 3.63) is 84.2 Å². The number of benzene rings is 3. The summed E-state index contributed by atoms with van der Waals surface area (Å²) in [4.78, 5) is 14.1. The lowest BCUT2D eigenvalue weighted by atomic mass is 10.0. The minimum Gasteiger partial charge on any atom is -0.497 e. The highest BCUT2D eigenvalue weighted by Crippen LogP contribution is 2.39. The normalized spacial score (nSPS) is 11.6. The molecule has 0 aliphatic carbocycles. The van der Waals surface area contributed by atoms with E-state index in [4.69, 9.17) is 9.47 Å². The first-order valence-electron chi connectivity index (χ1n) is 9.55. The van der Waals surface area contributed by atoms with E-state index in [1.54, 1.807) is 36.4 Å². The molecule has 0 saturated carbocycles. The Morgan fingerprint density at radius 1 is 1.00 bits per heavy atom. The highest BCUT2D eigenvalue weighted by atomic mass is 19.1. The number of ether oxygens (including phenoxy) is 2. The van der Waals surface area contributed by atoms with Crippen LogP contribution in [-0.4, -0.2) is 19.7 Å². The van der Waals surface area contributed by atoms with Crippen LogP contribution in [0.15, 0.2) is 72.8 Å². The van der Waals surface area contributed by atoms with Crippen molar-refractivity contribution in [2.24, 2.45) is 0 Å². The van der Waals surface area contributed by atoms with Crippen molar-refractivity contribution in [3.63, 3.8) is 0 Å². The molecule has 30 heavy (non-hydrogen) atoms. The maximum atomic E-state index is 14.2. The van der Waals surface area contributed by atoms with Gasteiger partial charge in [-0.15, -0.1) is 0 Å². The van der Waals surface area contributed by atoms with Crippen molar-refractivity contribution in [2.45, 2.75) is 19.4 Å². The van der Waals surface area contributed by atoms with Gasteiger partial charge in [-0.1, -0.05) is 30.3 Å². The summed E-state index contributed by atoms with van der Waals surface area (Å²) in [6, 6.07) is 19.3. The van der Waals surface area contributed by atoms with E-state index in [9.17, 15) is 13.6 Å². The predicted octanol–water partition coefficient (Wildman–Crippen LogP) is 6.08. The first kappa shape index (κ1) is 21.3. The van der Waals surface area contributed by atoms with Gasteiger partial charge in [0, 0.05) is 19.4 Å². The molecule has 0 heterocycles. The number of nitrogens with zero attached hydrogens (tertiary/aromatic N) is 1. The predicted molar refractivity (Wildman–Crippen MR) is 112 cm³/mol. The van der Waals surface area contributed by atoms with E-state index in [1.165, 1.54) is 37.1 Å². The Kier molecular flexibility index (Phi) is 7.01. The molecule has 1 amide bonds. The second kappa shape index (κ2) is 9.87. The molecule has 3 aromatic rings. The zero-order chi connectivity index (χ0) is 21.5. The molecule has 3 rings (SSSR count). The van der Waals surface area contributed by atoms with E-state index in [1.807, 2.05) is 18.2 Å². The first-order valence-corrected chi connectivity index (χ1v) is 9.55. The number of hydrogen-bond donors (Lipinski definition) is 0. The van der Waals surface area contributed by atoms with Gasteiger partial charge >= 0.3 is 0 Å². The van der Waals surface area contributed by atoms with Crippen LogP contribution in [0.3, 0.4) is 0 Å². The highest BCUT2D eigenvalue weighted by Gasteiger charge is 2.28. The number of alkyl halides is 1. The Bertz CT molecular complexity index is 995. The average molecular weight is 411 g/mol. The molecule has 0 bridgehead atoms. The van der Waals surface area contributed by atoms with Gasteiger partial charge in [0.2, 0.25) is 5.91 Å². The molecular formula is C24H23F2NO3. The molecule has 0 radical (unpaired) electrons. The monoisotopic (exact) mass is 411 g/mol. The summed E-state index contributed by atoms with van der Waals surface area (Å²) in [5.74, 6) is 0.530. The fourth-order valence-electron chi connectivity index (χ4n) is 3.33.